The zero-order valence-electron chi connectivity index (χ0n) is 5.49. The Kier molecular flexibility index (Phi) is 2.60. The molecule has 58 valence electrons. The van der Waals surface area contributed by atoms with Crippen LogP contribution >= 0.6 is 9.39 Å². The molecule has 1 heterocycles. The molecule has 2 unspecified atom stereocenters. The van der Waals surface area contributed by atoms with Crippen LogP contribution in [-0.2, 0) is 9.53 Å². The van der Waals surface area contributed by atoms with Gasteiger partial charge in [0, 0.05) is 13.1 Å². The van der Waals surface area contributed by atoms with Crippen molar-refractivity contribution in [2.75, 3.05) is 19.7 Å². The van der Waals surface area contributed by atoms with Crippen molar-refractivity contribution in [2.45, 2.75) is 6.10 Å². The highest BCUT2D eigenvalue weighted by Crippen LogP contribution is 2.08. The van der Waals surface area contributed by atoms with Crippen LogP contribution in [0, 0.1) is 0 Å². The lowest BCUT2D eigenvalue weighted by Crippen LogP contribution is -2.41. The Bertz CT molecular complexity index is 141. The van der Waals surface area contributed by atoms with Gasteiger partial charge in [-0.25, -0.2) is 4.79 Å². The van der Waals surface area contributed by atoms with Gasteiger partial charge >= 0.3 is 5.97 Å². The summed E-state index contributed by atoms with van der Waals surface area (Å²) in [5, 5.41) is 8.50. The van der Waals surface area contributed by atoms with E-state index < -0.39 is 12.1 Å². The van der Waals surface area contributed by atoms with Gasteiger partial charge in [-0.1, -0.05) is 9.39 Å². The van der Waals surface area contributed by atoms with Gasteiger partial charge in [-0.05, 0) is 0 Å². The number of carbonyl (C=O) groups is 1. The lowest BCUT2D eigenvalue weighted by Gasteiger charge is -2.26. The minimum absolute atomic E-state index is 0.458. The number of aliphatic carboxylic acids is 1. The summed E-state index contributed by atoms with van der Waals surface area (Å²) in [6.07, 6.45) is -0.647. The Labute approximate surface area is 61.4 Å². The Morgan fingerprint density at radius 1 is 1.80 bits per heavy atom. The summed E-state index contributed by atoms with van der Waals surface area (Å²) in [4.78, 5) is 10.3. The number of carboxylic acids is 1. The molecular formula is C5H10NO3P. The predicted molar refractivity (Wildman–Crippen MR) is 38.7 cm³/mol. The number of nitrogens with zero attached hydrogens (tertiary/aromatic N) is 1. The van der Waals surface area contributed by atoms with Gasteiger partial charge in [0.15, 0.2) is 6.10 Å². The number of ether oxygens (including phenoxy) is 1. The van der Waals surface area contributed by atoms with Crippen molar-refractivity contribution in [3.63, 3.8) is 0 Å². The van der Waals surface area contributed by atoms with Gasteiger partial charge in [0.05, 0.1) is 6.61 Å². The predicted octanol–water partition coefficient (Wildman–Crippen LogP) is -0.438. The summed E-state index contributed by atoms with van der Waals surface area (Å²) < 4.78 is 6.82. The molecule has 1 aliphatic heterocycles. The second kappa shape index (κ2) is 3.28. The van der Waals surface area contributed by atoms with Crippen LogP contribution in [0.15, 0.2) is 0 Å². The Balaban J connectivity index is 2.39. The molecule has 0 aromatic rings. The van der Waals surface area contributed by atoms with Crippen LogP contribution in [0.4, 0.5) is 0 Å². The molecule has 1 rings (SSSR count). The van der Waals surface area contributed by atoms with Crippen LogP contribution in [0.25, 0.3) is 0 Å². The van der Waals surface area contributed by atoms with Crippen molar-refractivity contribution in [2.24, 2.45) is 0 Å². The van der Waals surface area contributed by atoms with Gasteiger partial charge in [-0.15, -0.1) is 0 Å². The Morgan fingerprint density at radius 2 is 2.50 bits per heavy atom. The van der Waals surface area contributed by atoms with Gasteiger partial charge in [-0.3, -0.25) is 4.67 Å². The normalized spacial score (nSPS) is 28.3. The van der Waals surface area contributed by atoms with E-state index in [1.807, 2.05) is 4.67 Å². The SMILES string of the molecule is O=C(O)C1CN(P)CCO1. The van der Waals surface area contributed by atoms with Gasteiger partial charge in [0.2, 0.25) is 0 Å². The number of hydrogen-bond acceptors (Lipinski definition) is 3. The van der Waals surface area contributed by atoms with E-state index in [0.717, 1.165) is 6.54 Å². The van der Waals surface area contributed by atoms with Crippen LogP contribution in [0.2, 0.25) is 0 Å². The maximum absolute atomic E-state index is 10.3. The van der Waals surface area contributed by atoms with Crippen molar-refractivity contribution in [3.05, 3.63) is 0 Å². The molecule has 0 spiro atoms. The van der Waals surface area contributed by atoms with Gasteiger partial charge in [-0.2, -0.15) is 0 Å². The van der Waals surface area contributed by atoms with Crippen LogP contribution in [0.1, 0.15) is 0 Å². The maximum atomic E-state index is 10.3. The molecule has 0 bridgehead atoms. The molecule has 10 heavy (non-hydrogen) atoms. The Morgan fingerprint density at radius 3 is 2.90 bits per heavy atom. The molecule has 0 aromatic carbocycles. The standard InChI is InChI=1S/C5H10NO3P/c7-5(8)4-3-6(10)1-2-9-4/h4H,1-3,10H2,(H,7,8). The fourth-order valence-electron chi connectivity index (χ4n) is 0.819. The van der Waals surface area contributed by atoms with E-state index in [-0.39, 0.29) is 0 Å². The third kappa shape index (κ3) is 1.90. The quantitative estimate of drug-likeness (QED) is 0.532. The van der Waals surface area contributed by atoms with E-state index in [1.54, 1.807) is 0 Å². The summed E-state index contributed by atoms with van der Waals surface area (Å²) >= 11 is 0. The van der Waals surface area contributed by atoms with Crippen molar-refractivity contribution in [1.82, 2.24) is 4.67 Å². The third-order valence-corrected chi connectivity index (χ3v) is 1.84. The average molecular weight is 163 g/mol. The van der Waals surface area contributed by atoms with Gasteiger partial charge in [0.25, 0.3) is 0 Å². The van der Waals surface area contributed by atoms with Crippen LogP contribution < -0.4 is 0 Å². The smallest absolute Gasteiger partial charge is 0.334 e. The lowest BCUT2D eigenvalue weighted by molar-refractivity contribution is -0.153. The van der Waals surface area contributed by atoms with E-state index in [4.69, 9.17) is 9.84 Å². The van der Waals surface area contributed by atoms with Crippen LogP contribution in [0.5, 0.6) is 0 Å². The second-order valence-corrected chi connectivity index (χ2v) is 2.92. The van der Waals surface area contributed by atoms with E-state index >= 15 is 0 Å². The summed E-state index contributed by atoms with van der Waals surface area (Å²) in [5.41, 5.74) is 0. The largest absolute Gasteiger partial charge is 0.479 e. The second-order valence-electron chi connectivity index (χ2n) is 2.19. The number of rotatable bonds is 1. The summed E-state index contributed by atoms with van der Waals surface area (Å²) in [5.74, 6) is -0.882. The third-order valence-electron chi connectivity index (χ3n) is 1.37. The fourth-order valence-corrected chi connectivity index (χ4v) is 1.12. The highest BCUT2D eigenvalue weighted by Gasteiger charge is 2.23. The molecule has 0 aromatic heterocycles. The number of carboxylic acid groups (broad SMARTS) is 1. The molecule has 1 aliphatic rings. The van der Waals surface area contributed by atoms with Crippen molar-refractivity contribution in [1.29, 1.82) is 0 Å². The maximum Gasteiger partial charge on any atom is 0.334 e. The topological polar surface area (TPSA) is 49.8 Å². The highest BCUT2D eigenvalue weighted by atomic mass is 31.0. The summed E-state index contributed by atoms with van der Waals surface area (Å²) in [6.45, 7) is 1.74. The Hall–Kier alpha value is -0.180. The number of morpholine rings is 1. The van der Waals surface area contributed by atoms with Gasteiger partial charge in [0.1, 0.15) is 0 Å². The van der Waals surface area contributed by atoms with E-state index in [0.29, 0.717) is 13.2 Å². The minimum atomic E-state index is -0.882. The van der Waals surface area contributed by atoms with E-state index in [9.17, 15) is 4.79 Å². The zero-order chi connectivity index (χ0) is 7.56. The molecule has 0 amide bonds. The first-order valence-corrected chi connectivity index (χ1v) is 3.56. The van der Waals surface area contributed by atoms with Crippen molar-refractivity contribution < 1.29 is 14.6 Å². The van der Waals surface area contributed by atoms with E-state index in [1.165, 1.54) is 0 Å². The summed E-state index contributed by atoms with van der Waals surface area (Å²) in [6, 6.07) is 0. The molecule has 0 saturated carbocycles. The molecule has 1 N–H and O–H groups in total. The molecular weight excluding hydrogens is 153 g/mol. The first-order chi connectivity index (χ1) is 4.70. The van der Waals surface area contributed by atoms with Crippen LogP contribution in [0.3, 0.4) is 0 Å². The molecule has 1 saturated heterocycles. The van der Waals surface area contributed by atoms with Gasteiger partial charge < -0.3 is 9.84 Å². The lowest BCUT2D eigenvalue weighted by atomic mass is 10.3. The van der Waals surface area contributed by atoms with Crippen molar-refractivity contribution >= 4 is 15.4 Å². The molecule has 2 atom stereocenters. The van der Waals surface area contributed by atoms with Crippen molar-refractivity contribution in [3.8, 4) is 0 Å². The van der Waals surface area contributed by atoms with E-state index in [2.05, 4.69) is 9.39 Å². The monoisotopic (exact) mass is 163 g/mol. The molecule has 0 radical (unpaired) electrons. The first-order valence-electron chi connectivity index (χ1n) is 3.04. The molecule has 0 aliphatic carbocycles. The molecule has 5 heteroatoms. The summed E-state index contributed by atoms with van der Waals surface area (Å²) in [7, 11) is 2.46. The average Bonchev–Trinajstić information content (AvgIpc) is 1.88. The zero-order valence-corrected chi connectivity index (χ0v) is 6.64. The fraction of sp³-hybridized carbons (Fsp3) is 0.800. The number of hydrogen-bond donors (Lipinski definition) is 1. The minimum Gasteiger partial charge on any atom is -0.479 e. The molecule has 1 fully saturated rings. The molecule has 4 nitrogen and oxygen atoms in total. The first kappa shape index (κ1) is 7.92. The highest BCUT2D eigenvalue weighted by molar-refractivity contribution is 7.13. The van der Waals surface area contributed by atoms with Crippen LogP contribution in [-0.4, -0.2) is 41.5 Å².